The van der Waals surface area contributed by atoms with Gasteiger partial charge in [0.1, 0.15) is 0 Å². The van der Waals surface area contributed by atoms with Crippen LogP contribution < -0.4 is 11.0 Å². The maximum absolute atomic E-state index is 11.2. The predicted octanol–water partition coefficient (Wildman–Crippen LogP) is 1.53. The lowest BCUT2D eigenvalue weighted by molar-refractivity contribution is -0.445. The van der Waals surface area contributed by atoms with Crippen LogP contribution in [-0.4, -0.2) is 15.0 Å². The molecule has 7 nitrogen and oxygen atoms in total. The molecule has 0 spiro atoms. The van der Waals surface area contributed by atoms with Crippen LogP contribution in [-0.2, 0) is 0 Å². The molecule has 1 unspecified atom stereocenters. The average Bonchev–Trinajstić information content (AvgIpc) is 2.38. The Labute approximate surface area is 108 Å². The number of H-pyrrole nitrogens is 1. The van der Waals surface area contributed by atoms with Crippen molar-refractivity contribution in [2.45, 2.75) is 12.8 Å². The van der Waals surface area contributed by atoms with Crippen molar-refractivity contribution >= 4 is 5.82 Å². The van der Waals surface area contributed by atoms with Gasteiger partial charge in [-0.1, -0.05) is 18.4 Å². The van der Waals surface area contributed by atoms with Crippen molar-refractivity contribution in [3.63, 3.8) is 0 Å². The molecule has 2 aromatic heterocycles. The smallest absolute Gasteiger partial charge is 0.248 e. The molecule has 0 aliphatic rings. The number of rotatable bonds is 4. The van der Waals surface area contributed by atoms with E-state index in [0.29, 0.717) is 0 Å². The molecule has 1 atom stereocenters. The van der Waals surface area contributed by atoms with Crippen LogP contribution in [0.25, 0.3) is 0 Å². The van der Waals surface area contributed by atoms with Crippen molar-refractivity contribution in [1.29, 1.82) is 0 Å². The molecule has 2 rings (SSSR count). The van der Waals surface area contributed by atoms with Crippen molar-refractivity contribution in [3.05, 3.63) is 68.3 Å². The highest BCUT2D eigenvalue weighted by molar-refractivity contribution is 5.36. The number of nitrogens with zero attached hydrogens (tertiary/aromatic N) is 2. The van der Waals surface area contributed by atoms with Crippen LogP contribution >= 0.6 is 0 Å². The average molecular weight is 260 g/mol. The standard InChI is InChI=1S/C12H12N4O3/c1-8(9-4-5-13-12(17)6-9)10-2-3-11(14-7-10)15-16(18)19/h2-8H,1H3,(H,13,17)(H,14,15). The summed E-state index contributed by atoms with van der Waals surface area (Å²) >= 11 is 0. The second-order valence-electron chi connectivity index (χ2n) is 4.05. The molecule has 19 heavy (non-hydrogen) atoms. The Kier molecular flexibility index (Phi) is 3.56. The summed E-state index contributed by atoms with van der Waals surface area (Å²) in [6.07, 6.45) is 3.14. The monoisotopic (exact) mass is 260 g/mol. The van der Waals surface area contributed by atoms with Gasteiger partial charge in [0.05, 0.1) is 0 Å². The summed E-state index contributed by atoms with van der Waals surface area (Å²) in [6, 6.07) is 6.61. The van der Waals surface area contributed by atoms with E-state index in [4.69, 9.17) is 0 Å². The first kappa shape index (κ1) is 12.7. The molecule has 2 N–H and O–H groups in total. The van der Waals surface area contributed by atoms with Gasteiger partial charge in [-0.2, -0.15) is 0 Å². The van der Waals surface area contributed by atoms with E-state index in [1.54, 1.807) is 18.5 Å². The number of hydrogen-bond donors (Lipinski definition) is 2. The van der Waals surface area contributed by atoms with Crippen LogP contribution in [0.5, 0.6) is 0 Å². The molecule has 0 saturated heterocycles. The molecule has 0 aliphatic carbocycles. The van der Waals surface area contributed by atoms with Crippen molar-refractivity contribution in [2.24, 2.45) is 0 Å². The minimum atomic E-state index is -0.665. The van der Waals surface area contributed by atoms with E-state index in [9.17, 15) is 14.9 Å². The summed E-state index contributed by atoms with van der Waals surface area (Å²) in [5, 5.41) is 9.60. The Morgan fingerprint density at radius 1 is 1.37 bits per heavy atom. The van der Waals surface area contributed by atoms with Gasteiger partial charge in [0.2, 0.25) is 5.56 Å². The van der Waals surface area contributed by atoms with Crippen LogP contribution in [0.2, 0.25) is 0 Å². The molecule has 0 radical (unpaired) electrons. The first-order valence-electron chi connectivity index (χ1n) is 5.62. The van der Waals surface area contributed by atoms with Crippen molar-refractivity contribution in [2.75, 3.05) is 5.43 Å². The fourth-order valence-electron chi connectivity index (χ4n) is 1.74. The van der Waals surface area contributed by atoms with Gasteiger partial charge in [-0.15, -0.1) is 0 Å². The van der Waals surface area contributed by atoms with Crippen LogP contribution in [0.3, 0.4) is 0 Å². The fraction of sp³-hybridized carbons (Fsp3) is 0.167. The Hall–Kier alpha value is -2.70. The fourth-order valence-corrected chi connectivity index (χ4v) is 1.74. The molecule has 0 saturated carbocycles. The lowest BCUT2D eigenvalue weighted by atomic mass is 9.95. The summed E-state index contributed by atoms with van der Waals surface area (Å²) < 4.78 is 0. The minimum Gasteiger partial charge on any atom is -0.329 e. The van der Waals surface area contributed by atoms with Gasteiger partial charge in [-0.05, 0) is 23.3 Å². The van der Waals surface area contributed by atoms with E-state index in [2.05, 4.69) is 9.97 Å². The van der Waals surface area contributed by atoms with Gasteiger partial charge in [0.25, 0.3) is 0 Å². The third-order valence-corrected chi connectivity index (χ3v) is 2.79. The molecular weight excluding hydrogens is 248 g/mol. The van der Waals surface area contributed by atoms with Crippen molar-refractivity contribution < 1.29 is 5.03 Å². The zero-order valence-electron chi connectivity index (χ0n) is 10.2. The number of aromatic amines is 1. The molecule has 2 heterocycles. The van der Waals surface area contributed by atoms with E-state index < -0.39 is 5.03 Å². The minimum absolute atomic E-state index is 0.0144. The van der Waals surface area contributed by atoms with Gasteiger partial charge in [0, 0.05) is 24.4 Å². The molecule has 98 valence electrons. The highest BCUT2D eigenvalue weighted by atomic mass is 16.7. The van der Waals surface area contributed by atoms with E-state index in [0.717, 1.165) is 11.1 Å². The maximum atomic E-state index is 11.2. The van der Waals surface area contributed by atoms with Gasteiger partial charge in [-0.25, -0.2) is 15.1 Å². The van der Waals surface area contributed by atoms with E-state index in [-0.39, 0.29) is 17.3 Å². The number of aromatic nitrogens is 2. The van der Waals surface area contributed by atoms with Crippen LogP contribution in [0, 0.1) is 10.1 Å². The van der Waals surface area contributed by atoms with Crippen molar-refractivity contribution in [3.8, 4) is 0 Å². The number of anilines is 1. The maximum Gasteiger partial charge on any atom is 0.248 e. The number of pyridine rings is 2. The second-order valence-corrected chi connectivity index (χ2v) is 4.05. The summed E-state index contributed by atoms with van der Waals surface area (Å²) in [4.78, 5) is 28.0. The normalized spacial score (nSPS) is 11.8. The van der Waals surface area contributed by atoms with E-state index >= 15 is 0 Å². The molecule has 7 heteroatoms. The molecule has 0 fully saturated rings. The Balaban J connectivity index is 2.22. The van der Waals surface area contributed by atoms with Crippen LogP contribution in [0.4, 0.5) is 5.82 Å². The SMILES string of the molecule is CC(c1ccc(N[N+](=O)[O-])nc1)c1cc[nH]c(=O)c1. The molecule has 0 amide bonds. The van der Waals surface area contributed by atoms with Crippen molar-refractivity contribution in [1.82, 2.24) is 9.97 Å². The largest absolute Gasteiger partial charge is 0.329 e. The molecule has 0 aromatic carbocycles. The molecule has 0 bridgehead atoms. The Bertz CT molecular complexity index is 636. The topological polar surface area (TPSA) is 101 Å². The molecule has 0 aliphatic heterocycles. The Morgan fingerprint density at radius 3 is 2.74 bits per heavy atom. The summed E-state index contributed by atoms with van der Waals surface area (Å²) in [5.74, 6) is 0.159. The third-order valence-electron chi connectivity index (χ3n) is 2.79. The number of hydrogen-bond acceptors (Lipinski definition) is 4. The lowest BCUT2D eigenvalue weighted by Gasteiger charge is -2.11. The number of nitrogens with one attached hydrogen (secondary N) is 2. The number of hydrazine groups is 1. The lowest BCUT2D eigenvalue weighted by Crippen LogP contribution is -2.10. The zero-order valence-corrected chi connectivity index (χ0v) is 10.2. The van der Waals surface area contributed by atoms with E-state index in [1.165, 1.54) is 12.1 Å². The quantitative estimate of drug-likeness (QED) is 0.641. The van der Waals surface area contributed by atoms with Crippen LogP contribution in [0.1, 0.15) is 24.0 Å². The molecule has 2 aromatic rings. The van der Waals surface area contributed by atoms with Crippen LogP contribution in [0.15, 0.2) is 41.5 Å². The highest BCUT2D eigenvalue weighted by Gasteiger charge is 2.10. The van der Waals surface area contributed by atoms with Gasteiger partial charge in [0.15, 0.2) is 10.9 Å². The first-order valence-corrected chi connectivity index (χ1v) is 5.62. The first-order chi connectivity index (χ1) is 9.06. The summed E-state index contributed by atoms with van der Waals surface area (Å²) in [5.41, 5.74) is 3.55. The van der Waals surface area contributed by atoms with Gasteiger partial charge < -0.3 is 4.98 Å². The zero-order chi connectivity index (χ0) is 13.8. The third kappa shape index (κ3) is 3.15. The van der Waals surface area contributed by atoms with Gasteiger partial charge in [-0.3, -0.25) is 4.79 Å². The summed E-state index contributed by atoms with van der Waals surface area (Å²) in [6.45, 7) is 1.94. The molecular formula is C12H12N4O3. The summed E-state index contributed by atoms with van der Waals surface area (Å²) in [7, 11) is 0. The number of nitro groups is 1. The van der Waals surface area contributed by atoms with E-state index in [1.807, 2.05) is 18.4 Å². The Morgan fingerprint density at radius 2 is 2.16 bits per heavy atom. The predicted molar refractivity (Wildman–Crippen MR) is 69.4 cm³/mol. The highest BCUT2D eigenvalue weighted by Crippen LogP contribution is 2.22. The second kappa shape index (κ2) is 5.30. The van der Waals surface area contributed by atoms with Gasteiger partial charge >= 0.3 is 0 Å².